The molecule has 0 N–H and O–H groups in total. The molecule has 1 fully saturated rings. The Labute approximate surface area is 142 Å². The molecule has 1 saturated heterocycles. The van der Waals surface area contributed by atoms with Crippen molar-refractivity contribution in [3.05, 3.63) is 47.2 Å². The molecule has 2 aliphatic heterocycles. The number of esters is 1. The summed E-state index contributed by atoms with van der Waals surface area (Å²) in [5, 5.41) is -0.859. The number of Topliss-reactive ketones (excluding diaryl/α,β-unsaturated/α-hetero) is 1. The Morgan fingerprint density at radius 2 is 2.04 bits per heavy atom. The zero-order valence-electron chi connectivity index (χ0n) is 12.3. The highest BCUT2D eigenvalue weighted by Gasteiger charge is 2.52. The SMILES string of the molecule is CC(=O)OCC1=C(C(=O)c2ccccc2)N2C(=O)[C@H](Cl)[C@H]2SC1. The number of carbonyl (C=O) groups is 3. The van der Waals surface area contributed by atoms with Gasteiger partial charge in [-0.3, -0.25) is 19.3 Å². The van der Waals surface area contributed by atoms with Crippen LogP contribution >= 0.6 is 23.4 Å². The van der Waals surface area contributed by atoms with Gasteiger partial charge in [0.1, 0.15) is 17.4 Å². The van der Waals surface area contributed by atoms with E-state index in [0.29, 0.717) is 22.6 Å². The maximum Gasteiger partial charge on any atom is 0.302 e. The number of halogens is 1. The monoisotopic (exact) mass is 351 g/mol. The third-order valence-electron chi connectivity index (χ3n) is 3.68. The number of amides is 1. The average Bonchev–Trinajstić information content (AvgIpc) is 2.58. The van der Waals surface area contributed by atoms with E-state index in [9.17, 15) is 14.4 Å². The van der Waals surface area contributed by atoms with Crippen LogP contribution < -0.4 is 0 Å². The molecule has 0 aromatic heterocycles. The molecule has 1 aromatic rings. The Morgan fingerprint density at radius 1 is 1.35 bits per heavy atom. The smallest absolute Gasteiger partial charge is 0.302 e. The van der Waals surface area contributed by atoms with Crippen molar-refractivity contribution in [3.8, 4) is 0 Å². The van der Waals surface area contributed by atoms with Gasteiger partial charge in [-0.1, -0.05) is 30.3 Å². The molecule has 0 saturated carbocycles. The highest BCUT2D eigenvalue weighted by atomic mass is 35.5. The Kier molecular flexibility index (Phi) is 4.46. The van der Waals surface area contributed by atoms with Crippen molar-refractivity contribution >= 4 is 41.0 Å². The molecule has 3 rings (SSSR count). The maximum absolute atomic E-state index is 12.9. The summed E-state index contributed by atoms with van der Waals surface area (Å²) >= 11 is 7.51. The molecule has 120 valence electrons. The summed E-state index contributed by atoms with van der Waals surface area (Å²) in [5.74, 6) is -0.474. The second-order valence-electron chi connectivity index (χ2n) is 5.24. The fourth-order valence-electron chi connectivity index (χ4n) is 2.55. The summed E-state index contributed by atoms with van der Waals surface area (Å²) in [6.07, 6.45) is 0. The summed E-state index contributed by atoms with van der Waals surface area (Å²) in [7, 11) is 0. The number of carbonyl (C=O) groups excluding carboxylic acids is 3. The summed E-state index contributed by atoms with van der Waals surface area (Å²) in [5.41, 5.74) is 1.41. The van der Waals surface area contributed by atoms with Gasteiger partial charge in [-0.05, 0) is 0 Å². The summed E-state index contributed by atoms with van der Waals surface area (Å²) < 4.78 is 5.03. The summed E-state index contributed by atoms with van der Waals surface area (Å²) in [6, 6.07) is 8.72. The average molecular weight is 352 g/mol. The molecule has 0 spiro atoms. The number of hydrogen-bond acceptors (Lipinski definition) is 5. The van der Waals surface area contributed by atoms with E-state index < -0.39 is 11.3 Å². The van der Waals surface area contributed by atoms with Gasteiger partial charge in [0.05, 0.1) is 5.70 Å². The lowest BCUT2D eigenvalue weighted by Gasteiger charge is -2.47. The largest absolute Gasteiger partial charge is 0.461 e. The number of fused-ring (bicyclic) bond motifs is 1. The molecule has 1 aromatic carbocycles. The number of benzene rings is 1. The van der Waals surface area contributed by atoms with Crippen LogP contribution in [0.3, 0.4) is 0 Å². The van der Waals surface area contributed by atoms with Crippen LogP contribution in [-0.2, 0) is 14.3 Å². The molecule has 2 heterocycles. The van der Waals surface area contributed by atoms with Gasteiger partial charge in [0, 0.05) is 23.8 Å². The van der Waals surface area contributed by atoms with Crippen molar-refractivity contribution in [1.29, 1.82) is 0 Å². The molecular formula is C16H14ClNO4S. The summed E-state index contributed by atoms with van der Waals surface area (Å²) in [6.45, 7) is 1.31. The first-order valence-electron chi connectivity index (χ1n) is 7.04. The fraction of sp³-hybridized carbons (Fsp3) is 0.312. The van der Waals surface area contributed by atoms with Gasteiger partial charge in [-0.25, -0.2) is 0 Å². The van der Waals surface area contributed by atoms with Crippen LogP contribution in [0.2, 0.25) is 0 Å². The molecule has 7 heteroatoms. The van der Waals surface area contributed by atoms with Gasteiger partial charge in [0.2, 0.25) is 11.7 Å². The molecule has 0 radical (unpaired) electrons. The minimum Gasteiger partial charge on any atom is -0.461 e. The number of β-lactam (4-membered cyclic amide) rings is 1. The van der Waals surface area contributed by atoms with Crippen LogP contribution in [0.15, 0.2) is 41.6 Å². The Balaban J connectivity index is 1.98. The van der Waals surface area contributed by atoms with Crippen molar-refractivity contribution in [2.75, 3.05) is 12.4 Å². The fourth-order valence-corrected chi connectivity index (χ4v) is 4.22. The van der Waals surface area contributed by atoms with Crippen LogP contribution in [0.1, 0.15) is 17.3 Å². The lowest BCUT2D eigenvalue weighted by atomic mass is 10.00. The zero-order chi connectivity index (χ0) is 16.6. The minimum atomic E-state index is -0.617. The summed E-state index contributed by atoms with van der Waals surface area (Å²) in [4.78, 5) is 37.5. The number of thioether (sulfide) groups is 1. The molecule has 0 bridgehead atoms. The van der Waals surface area contributed by atoms with Gasteiger partial charge in [-0.15, -0.1) is 23.4 Å². The number of rotatable bonds is 4. The van der Waals surface area contributed by atoms with E-state index >= 15 is 0 Å². The topological polar surface area (TPSA) is 63.7 Å². The van der Waals surface area contributed by atoms with Crippen molar-refractivity contribution in [2.45, 2.75) is 17.7 Å². The highest BCUT2D eigenvalue weighted by Crippen LogP contribution is 2.43. The Hall–Kier alpha value is -1.79. The second kappa shape index (κ2) is 6.37. The number of alkyl halides is 1. The van der Waals surface area contributed by atoms with Crippen molar-refractivity contribution in [1.82, 2.24) is 4.90 Å². The molecule has 0 aliphatic carbocycles. The third kappa shape index (κ3) is 2.88. The Morgan fingerprint density at radius 3 is 2.70 bits per heavy atom. The van der Waals surface area contributed by atoms with Crippen molar-refractivity contribution in [2.24, 2.45) is 0 Å². The number of nitrogens with zero attached hydrogens (tertiary/aromatic N) is 1. The van der Waals surface area contributed by atoms with E-state index in [4.69, 9.17) is 16.3 Å². The standard InChI is InChI=1S/C16H14ClNO4S/c1-9(19)22-7-11-8-23-16-12(17)15(21)18(16)13(11)14(20)10-5-3-2-4-6-10/h2-6,12,16H,7-8H2,1H3/t12-,16+/m0/s1. The van der Waals surface area contributed by atoms with Crippen LogP contribution in [0.4, 0.5) is 0 Å². The van der Waals surface area contributed by atoms with E-state index in [1.165, 1.54) is 23.6 Å². The van der Waals surface area contributed by atoms with E-state index in [2.05, 4.69) is 0 Å². The van der Waals surface area contributed by atoms with E-state index in [0.717, 1.165) is 0 Å². The predicted octanol–water partition coefficient (Wildman–Crippen LogP) is 2.21. The van der Waals surface area contributed by atoms with Crippen LogP contribution in [-0.4, -0.2) is 45.7 Å². The van der Waals surface area contributed by atoms with Crippen molar-refractivity contribution in [3.63, 3.8) is 0 Å². The molecule has 1 amide bonds. The highest BCUT2D eigenvalue weighted by molar-refractivity contribution is 8.00. The Bertz CT molecular complexity index is 703. The zero-order valence-corrected chi connectivity index (χ0v) is 13.9. The first kappa shape index (κ1) is 16.1. The van der Waals surface area contributed by atoms with Crippen LogP contribution in [0.25, 0.3) is 0 Å². The van der Waals surface area contributed by atoms with E-state index in [1.54, 1.807) is 24.3 Å². The molecule has 0 unspecified atom stereocenters. The predicted molar refractivity (Wildman–Crippen MR) is 87.2 cm³/mol. The molecule has 2 atom stereocenters. The number of allylic oxidation sites excluding steroid dienone is 1. The second-order valence-corrected chi connectivity index (χ2v) is 6.81. The van der Waals surface area contributed by atoms with Crippen molar-refractivity contribution < 1.29 is 19.1 Å². The van der Waals surface area contributed by atoms with Gasteiger partial charge in [0.15, 0.2) is 0 Å². The molecule has 2 aliphatic rings. The van der Waals surface area contributed by atoms with Gasteiger partial charge >= 0.3 is 5.97 Å². The molecular weight excluding hydrogens is 338 g/mol. The minimum absolute atomic E-state index is 0.000305. The van der Waals surface area contributed by atoms with Crippen LogP contribution in [0, 0.1) is 0 Å². The molecule has 5 nitrogen and oxygen atoms in total. The van der Waals surface area contributed by atoms with Gasteiger partial charge in [0.25, 0.3) is 0 Å². The lowest BCUT2D eigenvalue weighted by molar-refractivity contribution is -0.140. The van der Waals surface area contributed by atoms with E-state index in [-0.39, 0.29) is 23.7 Å². The van der Waals surface area contributed by atoms with Crippen LogP contribution in [0.5, 0.6) is 0 Å². The number of ketones is 1. The number of ether oxygens (including phenoxy) is 1. The molecule has 23 heavy (non-hydrogen) atoms. The normalized spacial score (nSPS) is 23.2. The number of hydrogen-bond donors (Lipinski definition) is 0. The quantitative estimate of drug-likeness (QED) is 0.360. The van der Waals surface area contributed by atoms with Gasteiger partial charge < -0.3 is 4.74 Å². The lowest BCUT2D eigenvalue weighted by Crippen LogP contribution is -2.62. The third-order valence-corrected chi connectivity index (χ3v) is 5.60. The van der Waals surface area contributed by atoms with E-state index in [1.807, 2.05) is 6.07 Å². The first-order chi connectivity index (χ1) is 11.0. The van der Waals surface area contributed by atoms with Gasteiger partial charge in [-0.2, -0.15) is 0 Å². The first-order valence-corrected chi connectivity index (χ1v) is 8.53. The maximum atomic E-state index is 12.9.